The van der Waals surface area contributed by atoms with Gasteiger partial charge in [0.1, 0.15) is 16.1 Å². The summed E-state index contributed by atoms with van der Waals surface area (Å²) in [5.74, 6) is -0.112. The van der Waals surface area contributed by atoms with Crippen molar-refractivity contribution < 1.29 is 9.90 Å². The van der Waals surface area contributed by atoms with Crippen LogP contribution in [0.4, 0.5) is 0 Å². The fraction of sp³-hybridized carbons (Fsp3) is 0.240. The van der Waals surface area contributed by atoms with Crippen LogP contribution in [0.15, 0.2) is 77.7 Å². The number of aromatic amines is 2. The van der Waals surface area contributed by atoms with Crippen LogP contribution in [0.25, 0.3) is 10.9 Å². The van der Waals surface area contributed by atoms with Gasteiger partial charge in [0, 0.05) is 19.3 Å². The molecule has 2 aromatic heterocycles. The zero-order chi connectivity index (χ0) is 23.0. The van der Waals surface area contributed by atoms with Crippen LogP contribution < -0.4 is 5.56 Å². The van der Waals surface area contributed by atoms with Crippen LogP contribution >= 0.6 is 12.2 Å². The number of nitrogens with zero attached hydrogens (tertiary/aromatic N) is 2. The van der Waals surface area contributed by atoms with Crippen molar-refractivity contribution in [2.24, 2.45) is 0 Å². The minimum Gasteiger partial charge on any atom is -0.385 e. The van der Waals surface area contributed by atoms with Gasteiger partial charge in [-0.25, -0.2) is 0 Å². The molecule has 3 heterocycles. The molecule has 1 unspecified atom stereocenters. The number of carbonyl (C=O) groups is 1. The highest BCUT2D eigenvalue weighted by Gasteiger charge is 2.37. The zero-order valence-electron chi connectivity index (χ0n) is 17.9. The molecule has 1 aliphatic rings. The lowest BCUT2D eigenvalue weighted by Gasteiger charge is -2.40. The summed E-state index contributed by atoms with van der Waals surface area (Å²) >= 11 is 5.64. The normalized spacial score (nSPS) is 16.6. The summed E-state index contributed by atoms with van der Waals surface area (Å²) in [7, 11) is 0. The third-order valence-corrected chi connectivity index (χ3v) is 6.91. The Morgan fingerprint density at radius 1 is 0.970 bits per heavy atom. The predicted octanol–water partition coefficient (Wildman–Crippen LogP) is 3.49. The number of carbonyl (C=O) groups excluding carboxylic acids is 1. The molecule has 168 valence electrons. The number of benzene rings is 2. The molecule has 1 atom stereocenters. The lowest BCUT2D eigenvalue weighted by atomic mass is 9.84. The Balaban J connectivity index is 1.50. The Morgan fingerprint density at radius 3 is 2.27 bits per heavy atom. The number of hydrogen-bond acceptors (Lipinski definition) is 4. The van der Waals surface area contributed by atoms with Crippen molar-refractivity contribution in [3.8, 4) is 0 Å². The number of H-pyrrole nitrogens is 2. The molecule has 0 saturated carbocycles. The first kappa shape index (κ1) is 21.4. The molecule has 8 heteroatoms. The highest BCUT2D eigenvalue weighted by Crippen LogP contribution is 2.34. The number of fused-ring (bicyclic) bond motifs is 1. The average Bonchev–Trinajstić information content (AvgIpc) is 3.24. The summed E-state index contributed by atoms with van der Waals surface area (Å²) in [6, 6.07) is 20.1. The number of rotatable bonds is 4. The number of aliphatic hydroxyl groups is 1. The summed E-state index contributed by atoms with van der Waals surface area (Å²) in [5.41, 5.74) is 0.999. The van der Waals surface area contributed by atoms with E-state index >= 15 is 0 Å². The van der Waals surface area contributed by atoms with Crippen LogP contribution in [0.3, 0.4) is 0 Å². The van der Waals surface area contributed by atoms with Crippen molar-refractivity contribution in [3.63, 3.8) is 0 Å². The van der Waals surface area contributed by atoms with Gasteiger partial charge in [0.15, 0.2) is 0 Å². The maximum Gasteiger partial charge on any atom is 0.274 e. The quantitative estimate of drug-likeness (QED) is 0.407. The van der Waals surface area contributed by atoms with Crippen molar-refractivity contribution in [3.05, 3.63) is 99.0 Å². The summed E-state index contributed by atoms with van der Waals surface area (Å²) in [5, 5.41) is 16.9. The van der Waals surface area contributed by atoms with E-state index in [9.17, 15) is 14.7 Å². The maximum absolute atomic E-state index is 13.8. The summed E-state index contributed by atoms with van der Waals surface area (Å²) < 4.78 is 1.99. The van der Waals surface area contributed by atoms with Crippen molar-refractivity contribution in [2.45, 2.75) is 24.5 Å². The van der Waals surface area contributed by atoms with Gasteiger partial charge in [-0.3, -0.25) is 19.8 Å². The van der Waals surface area contributed by atoms with Crippen molar-refractivity contribution in [1.29, 1.82) is 0 Å². The number of hydrogen-bond donors (Lipinski definition) is 3. The number of piperidine rings is 1. The molecule has 0 radical (unpaired) electrons. The molecule has 0 aliphatic carbocycles. The fourth-order valence-electron chi connectivity index (χ4n) is 4.63. The van der Waals surface area contributed by atoms with Gasteiger partial charge in [0.05, 0.1) is 11.1 Å². The first-order valence-corrected chi connectivity index (χ1v) is 11.3. The van der Waals surface area contributed by atoms with E-state index in [0.29, 0.717) is 41.5 Å². The van der Waals surface area contributed by atoms with Crippen LogP contribution in [0.2, 0.25) is 0 Å². The second kappa shape index (κ2) is 8.46. The highest BCUT2D eigenvalue weighted by atomic mass is 32.1. The molecule has 33 heavy (non-hydrogen) atoms. The molecule has 1 fully saturated rings. The van der Waals surface area contributed by atoms with Gasteiger partial charge in [0.25, 0.3) is 5.56 Å². The minimum absolute atomic E-state index is 0.112. The number of aromatic nitrogens is 3. The van der Waals surface area contributed by atoms with Crippen molar-refractivity contribution in [1.82, 2.24) is 19.7 Å². The van der Waals surface area contributed by atoms with Crippen LogP contribution in [-0.4, -0.2) is 43.8 Å². The van der Waals surface area contributed by atoms with Crippen LogP contribution in [0, 0.1) is 4.64 Å². The lowest BCUT2D eigenvalue weighted by molar-refractivity contribution is -0.138. The third-order valence-electron chi connectivity index (χ3n) is 6.50. The summed E-state index contributed by atoms with van der Waals surface area (Å²) in [6.07, 6.45) is 2.65. The van der Waals surface area contributed by atoms with E-state index in [1.165, 1.54) is 0 Å². The van der Waals surface area contributed by atoms with Crippen molar-refractivity contribution in [2.75, 3.05) is 13.1 Å². The molecular formula is C25H24N4O3S. The lowest BCUT2D eigenvalue weighted by Crippen LogP contribution is -2.47. The average molecular weight is 461 g/mol. The van der Waals surface area contributed by atoms with E-state index in [1.807, 2.05) is 60.7 Å². The highest BCUT2D eigenvalue weighted by molar-refractivity contribution is 7.71. The Bertz CT molecular complexity index is 1400. The molecule has 3 N–H and O–H groups in total. The first-order chi connectivity index (χ1) is 16.0. The number of pyridine rings is 1. The first-order valence-electron chi connectivity index (χ1n) is 10.9. The predicted molar refractivity (Wildman–Crippen MR) is 128 cm³/mol. The zero-order valence-corrected chi connectivity index (χ0v) is 18.7. The van der Waals surface area contributed by atoms with E-state index < -0.39 is 11.6 Å². The van der Waals surface area contributed by atoms with Gasteiger partial charge in [-0.15, -0.1) is 0 Å². The van der Waals surface area contributed by atoms with E-state index in [0.717, 1.165) is 11.1 Å². The molecule has 4 aromatic rings. The Hall–Kier alpha value is -3.49. The molecule has 7 nitrogen and oxygen atoms in total. The monoisotopic (exact) mass is 460 g/mol. The largest absolute Gasteiger partial charge is 0.385 e. The molecule has 0 bridgehead atoms. The smallest absolute Gasteiger partial charge is 0.274 e. The third kappa shape index (κ3) is 3.81. The minimum atomic E-state index is -0.950. The Labute approximate surface area is 195 Å². The van der Waals surface area contributed by atoms with Gasteiger partial charge in [-0.2, -0.15) is 0 Å². The van der Waals surface area contributed by atoms with Gasteiger partial charge in [-0.05, 0) is 30.0 Å². The second-order valence-corrected chi connectivity index (χ2v) is 8.82. The number of likely N-dealkylation sites (tertiary alicyclic amines) is 1. The second-order valence-electron chi connectivity index (χ2n) is 8.43. The topological polar surface area (TPSA) is 94.1 Å². The standard InChI is InChI=1S/C25H24N4O3S/c30-22-20-19(26-27-22)11-14-29(24(20)33)21(17-7-3-1-4-8-17)23(31)28-15-12-25(32,13-16-28)18-9-5-2-6-10-18/h1-11,14,21,32H,12-13,15-16H2,(H2,26,27,30). The van der Waals surface area contributed by atoms with Crippen LogP contribution in [0.1, 0.15) is 30.0 Å². The molecule has 5 rings (SSSR count). The van der Waals surface area contributed by atoms with Crippen LogP contribution in [-0.2, 0) is 10.4 Å². The molecular weight excluding hydrogens is 436 g/mol. The van der Waals surface area contributed by atoms with Crippen LogP contribution in [0.5, 0.6) is 0 Å². The van der Waals surface area contributed by atoms with E-state index in [1.54, 1.807) is 21.7 Å². The van der Waals surface area contributed by atoms with E-state index in [2.05, 4.69) is 10.2 Å². The Kier molecular flexibility index (Phi) is 5.47. The molecule has 1 amide bonds. The van der Waals surface area contributed by atoms with Gasteiger partial charge in [-0.1, -0.05) is 72.9 Å². The van der Waals surface area contributed by atoms with E-state index in [-0.39, 0.29) is 11.5 Å². The van der Waals surface area contributed by atoms with Gasteiger partial charge < -0.3 is 14.6 Å². The molecule has 1 saturated heterocycles. The summed E-state index contributed by atoms with van der Waals surface area (Å²) in [4.78, 5) is 27.9. The molecule has 2 aromatic carbocycles. The van der Waals surface area contributed by atoms with Gasteiger partial charge in [0.2, 0.25) is 5.91 Å². The summed E-state index contributed by atoms with van der Waals surface area (Å²) in [6.45, 7) is 0.849. The number of amides is 1. The van der Waals surface area contributed by atoms with Gasteiger partial charge >= 0.3 is 0 Å². The Morgan fingerprint density at radius 2 is 1.61 bits per heavy atom. The number of nitrogens with one attached hydrogen (secondary N) is 2. The van der Waals surface area contributed by atoms with E-state index in [4.69, 9.17) is 12.2 Å². The fourth-order valence-corrected chi connectivity index (χ4v) is 5.00. The van der Waals surface area contributed by atoms with Crippen molar-refractivity contribution >= 4 is 29.0 Å². The molecule has 0 spiro atoms. The molecule has 1 aliphatic heterocycles. The SMILES string of the molecule is O=C(C(c1ccccc1)n1ccc2[nH][nH]c(=O)c2c1=S)N1CCC(O)(c2ccccc2)CC1. The maximum atomic E-state index is 13.8.